The molecular weight excluding hydrogens is 308 g/mol. The SMILES string of the molecule is NCC1(c2nc(-c3ncccc3Br)no2)CCCC1. The second-order valence-corrected chi connectivity index (χ2v) is 5.80. The molecule has 0 aliphatic heterocycles. The molecule has 2 aromatic heterocycles. The fraction of sp³-hybridized carbons (Fsp3) is 0.462. The van der Waals surface area contributed by atoms with Gasteiger partial charge in [-0.15, -0.1) is 0 Å². The van der Waals surface area contributed by atoms with E-state index in [1.54, 1.807) is 6.20 Å². The number of rotatable bonds is 3. The molecule has 2 aromatic rings. The van der Waals surface area contributed by atoms with Crippen molar-refractivity contribution in [1.29, 1.82) is 0 Å². The van der Waals surface area contributed by atoms with Crippen LogP contribution in [0.4, 0.5) is 0 Å². The summed E-state index contributed by atoms with van der Waals surface area (Å²) in [6.07, 6.45) is 6.10. The lowest BCUT2D eigenvalue weighted by atomic mass is 9.86. The van der Waals surface area contributed by atoms with Gasteiger partial charge in [0.05, 0.1) is 5.41 Å². The number of nitrogens with zero attached hydrogens (tertiary/aromatic N) is 3. The van der Waals surface area contributed by atoms with Crippen molar-refractivity contribution in [3.05, 3.63) is 28.7 Å². The molecule has 2 heterocycles. The third-order valence-corrected chi connectivity index (χ3v) is 4.44. The zero-order valence-corrected chi connectivity index (χ0v) is 12.1. The van der Waals surface area contributed by atoms with E-state index in [4.69, 9.17) is 10.3 Å². The molecule has 5 nitrogen and oxygen atoms in total. The van der Waals surface area contributed by atoms with Crippen LogP contribution in [0.25, 0.3) is 11.5 Å². The van der Waals surface area contributed by atoms with Gasteiger partial charge in [-0.1, -0.05) is 18.0 Å². The van der Waals surface area contributed by atoms with Gasteiger partial charge in [-0.2, -0.15) is 4.98 Å². The Kier molecular flexibility index (Phi) is 3.36. The van der Waals surface area contributed by atoms with Crippen molar-refractivity contribution in [1.82, 2.24) is 15.1 Å². The fourth-order valence-electron chi connectivity index (χ4n) is 2.64. The molecule has 19 heavy (non-hydrogen) atoms. The molecule has 0 aromatic carbocycles. The Morgan fingerprint density at radius 2 is 2.16 bits per heavy atom. The van der Waals surface area contributed by atoms with Gasteiger partial charge in [0.1, 0.15) is 5.69 Å². The molecule has 0 bridgehead atoms. The number of aromatic nitrogens is 3. The van der Waals surface area contributed by atoms with Crippen molar-refractivity contribution in [2.75, 3.05) is 6.54 Å². The Labute approximate surface area is 119 Å². The summed E-state index contributed by atoms with van der Waals surface area (Å²) in [5.41, 5.74) is 6.49. The van der Waals surface area contributed by atoms with Crippen LogP contribution in [-0.2, 0) is 5.41 Å². The fourth-order valence-corrected chi connectivity index (χ4v) is 3.07. The van der Waals surface area contributed by atoms with E-state index < -0.39 is 0 Å². The number of hydrogen-bond acceptors (Lipinski definition) is 5. The minimum atomic E-state index is -0.132. The third kappa shape index (κ3) is 2.19. The lowest BCUT2D eigenvalue weighted by Gasteiger charge is -2.21. The summed E-state index contributed by atoms with van der Waals surface area (Å²) in [7, 11) is 0. The normalized spacial score (nSPS) is 17.8. The van der Waals surface area contributed by atoms with Gasteiger partial charge >= 0.3 is 0 Å². The van der Waals surface area contributed by atoms with Crippen molar-refractivity contribution < 1.29 is 4.52 Å². The molecule has 0 unspecified atom stereocenters. The van der Waals surface area contributed by atoms with Crippen LogP contribution < -0.4 is 5.73 Å². The Hall–Kier alpha value is -1.27. The van der Waals surface area contributed by atoms with Crippen LogP contribution >= 0.6 is 15.9 Å². The minimum Gasteiger partial charge on any atom is -0.338 e. The van der Waals surface area contributed by atoms with Gasteiger partial charge in [0, 0.05) is 17.2 Å². The first-order chi connectivity index (χ1) is 9.25. The zero-order valence-electron chi connectivity index (χ0n) is 10.5. The summed E-state index contributed by atoms with van der Waals surface area (Å²) in [4.78, 5) is 8.79. The van der Waals surface area contributed by atoms with E-state index in [0.717, 1.165) is 17.3 Å². The molecule has 0 radical (unpaired) electrons. The number of hydrogen-bond donors (Lipinski definition) is 1. The molecule has 1 saturated carbocycles. The smallest absolute Gasteiger partial charge is 0.234 e. The first-order valence-corrected chi connectivity index (χ1v) is 7.20. The molecule has 0 amide bonds. The molecule has 0 saturated heterocycles. The highest BCUT2D eigenvalue weighted by atomic mass is 79.9. The molecule has 6 heteroatoms. The van der Waals surface area contributed by atoms with Crippen LogP contribution in [0.15, 0.2) is 27.3 Å². The summed E-state index contributed by atoms with van der Waals surface area (Å²) in [5.74, 6) is 1.17. The molecule has 1 aliphatic carbocycles. The molecule has 1 fully saturated rings. The number of pyridine rings is 1. The average molecular weight is 323 g/mol. The maximum Gasteiger partial charge on any atom is 0.234 e. The Bertz CT molecular complexity index is 578. The predicted molar refractivity (Wildman–Crippen MR) is 74.4 cm³/mol. The summed E-state index contributed by atoms with van der Waals surface area (Å²) < 4.78 is 6.31. The molecule has 3 rings (SSSR count). The second kappa shape index (κ2) is 5.02. The molecule has 100 valence electrons. The molecule has 0 atom stereocenters. The highest BCUT2D eigenvalue weighted by Crippen LogP contribution is 2.40. The monoisotopic (exact) mass is 322 g/mol. The van der Waals surface area contributed by atoms with Crippen LogP contribution in [0, 0.1) is 0 Å². The van der Waals surface area contributed by atoms with Gasteiger partial charge in [-0.25, -0.2) is 0 Å². The quantitative estimate of drug-likeness (QED) is 0.939. The molecule has 1 aliphatic rings. The van der Waals surface area contributed by atoms with Crippen LogP contribution in [-0.4, -0.2) is 21.7 Å². The summed E-state index contributed by atoms with van der Waals surface area (Å²) in [6, 6.07) is 3.76. The van der Waals surface area contributed by atoms with Crippen LogP contribution in [0.1, 0.15) is 31.6 Å². The van der Waals surface area contributed by atoms with E-state index in [-0.39, 0.29) is 5.41 Å². The third-order valence-electron chi connectivity index (χ3n) is 3.80. The van der Waals surface area contributed by atoms with Gasteiger partial charge in [0.2, 0.25) is 11.7 Å². The largest absolute Gasteiger partial charge is 0.338 e. The first kappa shape index (κ1) is 12.7. The highest BCUT2D eigenvalue weighted by molar-refractivity contribution is 9.10. The van der Waals surface area contributed by atoms with Crippen molar-refractivity contribution in [3.63, 3.8) is 0 Å². The van der Waals surface area contributed by atoms with E-state index >= 15 is 0 Å². The maximum atomic E-state index is 5.93. The second-order valence-electron chi connectivity index (χ2n) is 4.95. The Morgan fingerprint density at radius 3 is 2.84 bits per heavy atom. The maximum absolute atomic E-state index is 5.93. The summed E-state index contributed by atoms with van der Waals surface area (Å²) in [5, 5.41) is 4.05. The lowest BCUT2D eigenvalue weighted by molar-refractivity contribution is 0.284. The molecule has 2 N–H and O–H groups in total. The van der Waals surface area contributed by atoms with Crippen molar-refractivity contribution >= 4 is 15.9 Å². The topological polar surface area (TPSA) is 77.8 Å². The highest BCUT2D eigenvalue weighted by Gasteiger charge is 2.39. The number of halogens is 1. The summed E-state index contributed by atoms with van der Waals surface area (Å²) in [6.45, 7) is 0.554. The van der Waals surface area contributed by atoms with E-state index in [0.29, 0.717) is 24.0 Å². The van der Waals surface area contributed by atoms with Gasteiger partial charge in [0.15, 0.2) is 0 Å². The van der Waals surface area contributed by atoms with Crippen molar-refractivity contribution in [2.24, 2.45) is 5.73 Å². The van der Waals surface area contributed by atoms with Crippen molar-refractivity contribution in [2.45, 2.75) is 31.1 Å². The Balaban J connectivity index is 1.98. The predicted octanol–water partition coefficient (Wildman–Crippen LogP) is 2.66. The molecular formula is C13H15BrN4O. The van der Waals surface area contributed by atoms with Crippen LogP contribution in [0.5, 0.6) is 0 Å². The standard InChI is InChI=1S/C13H15BrN4O/c14-9-4-3-7-16-10(9)11-17-12(19-18-11)13(8-15)5-1-2-6-13/h3-4,7H,1-2,5-6,8,15H2. The number of nitrogens with two attached hydrogens (primary N) is 1. The van der Waals surface area contributed by atoms with Gasteiger partial charge in [0.25, 0.3) is 0 Å². The van der Waals surface area contributed by atoms with E-state index in [1.165, 1.54) is 12.8 Å². The Morgan fingerprint density at radius 1 is 1.37 bits per heavy atom. The zero-order chi connectivity index (χ0) is 13.3. The van der Waals surface area contributed by atoms with Crippen LogP contribution in [0.2, 0.25) is 0 Å². The van der Waals surface area contributed by atoms with Gasteiger partial charge < -0.3 is 10.3 Å². The van der Waals surface area contributed by atoms with E-state index in [9.17, 15) is 0 Å². The lowest BCUT2D eigenvalue weighted by Crippen LogP contribution is -2.32. The first-order valence-electron chi connectivity index (χ1n) is 6.40. The minimum absolute atomic E-state index is 0.132. The van der Waals surface area contributed by atoms with Gasteiger partial charge in [-0.3, -0.25) is 4.98 Å². The van der Waals surface area contributed by atoms with E-state index in [2.05, 4.69) is 31.1 Å². The summed E-state index contributed by atoms with van der Waals surface area (Å²) >= 11 is 3.45. The van der Waals surface area contributed by atoms with Crippen LogP contribution in [0.3, 0.4) is 0 Å². The molecule has 0 spiro atoms. The van der Waals surface area contributed by atoms with Gasteiger partial charge in [-0.05, 0) is 40.9 Å². The van der Waals surface area contributed by atoms with Crippen molar-refractivity contribution in [3.8, 4) is 11.5 Å². The van der Waals surface area contributed by atoms with E-state index in [1.807, 2.05) is 12.1 Å². The average Bonchev–Trinajstić information content (AvgIpc) is 3.09.